The third-order valence-corrected chi connectivity index (χ3v) is 2.11. The van der Waals surface area contributed by atoms with E-state index in [9.17, 15) is 0 Å². The molecule has 2 aromatic heterocycles. The molecule has 0 aromatic carbocycles. The summed E-state index contributed by atoms with van der Waals surface area (Å²) in [6, 6.07) is 5.59. The molecule has 2 aromatic rings. The average molecular weight is 233 g/mol. The van der Waals surface area contributed by atoms with Crippen molar-refractivity contribution in [1.29, 1.82) is 0 Å². The van der Waals surface area contributed by atoms with Gasteiger partial charge in [-0.05, 0) is 19.9 Å². The molecule has 5 heteroatoms. The third kappa shape index (κ3) is 3.21. The van der Waals surface area contributed by atoms with Gasteiger partial charge < -0.3 is 14.5 Å². The second kappa shape index (κ2) is 5.34. The quantitative estimate of drug-likeness (QED) is 0.859. The van der Waals surface area contributed by atoms with E-state index in [2.05, 4.69) is 15.3 Å². The minimum atomic E-state index is 0.510. The number of oxazole rings is 1. The topological polar surface area (TPSA) is 60.2 Å². The first-order chi connectivity index (χ1) is 8.28. The number of hydrogen-bond donors (Lipinski definition) is 1. The first-order valence-corrected chi connectivity index (χ1v) is 5.53. The van der Waals surface area contributed by atoms with Crippen LogP contribution in [-0.4, -0.2) is 16.6 Å². The Labute approximate surface area is 99.8 Å². The van der Waals surface area contributed by atoms with Crippen LogP contribution in [0.3, 0.4) is 0 Å². The highest BCUT2D eigenvalue weighted by Gasteiger charge is 2.02. The van der Waals surface area contributed by atoms with Crippen LogP contribution in [0.1, 0.15) is 18.6 Å². The summed E-state index contributed by atoms with van der Waals surface area (Å²) in [6.45, 7) is 4.91. The van der Waals surface area contributed by atoms with Gasteiger partial charge >= 0.3 is 0 Å². The van der Waals surface area contributed by atoms with Gasteiger partial charge in [-0.1, -0.05) is 6.07 Å². The molecule has 0 fully saturated rings. The summed E-state index contributed by atoms with van der Waals surface area (Å²) in [7, 11) is 0. The summed E-state index contributed by atoms with van der Waals surface area (Å²) in [5, 5.41) is 3.13. The largest absolute Gasteiger partial charge is 0.478 e. The zero-order valence-electron chi connectivity index (χ0n) is 9.93. The van der Waals surface area contributed by atoms with Gasteiger partial charge in [-0.3, -0.25) is 0 Å². The van der Waals surface area contributed by atoms with E-state index in [-0.39, 0.29) is 0 Å². The standard InChI is InChI=1S/C12H15N3O2/c1-3-16-11-6-4-5-10(15-11)13-8-12-14-7-9(2)17-12/h4-7H,3,8H2,1-2H3,(H,13,15). The Morgan fingerprint density at radius 1 is 1.41 bits per heavy atom. The highest BCUT2D eigenvalue weighted by molar-refractivity contribution is 5.36. The van der Waals surface area contributed by atoms with Crippen molar-refractivity contribution in [3.63, 3.8) is 0 Å². The van der Waals surface area contributed by atoms with Crippen LogP contribution in [0.2, 0.25) is 0 Å². The van der Waals surface area contributed by atoms with Gasteiger partial charge in [-0.2, -0.15) is 4.98 Å². The summed E-state index contributed by atoms with van der Waals surface area (Å²) in [4.78, 5) is 8.38. The van der Waals surface area contributed by atoms with Crippen LogP contribution >= 0.6 is 0 Å². The molecule has 2 heterocycles. The van der Waals surface area contributed by atoms with Crippen molar-refractivity contribution in [2.24, 2.45) is 0 Å². The predicted octanol–water partition coefficient (Wildman–Crippen LogP) is 2.39. The van der Waals surface area contributed by atoms with E-state index >= 15 is 0 Å². The van der Waals surface area contributed by atoms with Crippen LogP contribution in [-0.2, 0) is 6.54 Å². The molecule has 0 aliphatic carbocycles. The maximum atomic E-state index is 5.35. The summed E-state index contributed by atoms with van der Waals surface area (Å²) < 4.78 is 10.7. The van der Waals surface area contributed by atoms with E-state index in [4.69, 9.17) is 9.15 Å². The molecule has 0 aliphatic heterocycles. The van der Waals surface area contributed by atoms with Crippen molar-refractivity contribution in [2.45, 2.75) is 20.4 Å². The molecule has 0 radical (unpaired) electrons. The maximum absolute atomic E-state index is 5.35. The molecule has 0 unspecified atom stereocenters. The number of pyridine rings is 1. The Balaban J connectivity index is 1.96. The Morgan fingerprint density at radius 2 is 2.29 bits per heavy atom. The number of aryl methyl sites for hydroxylation is 1. The molecule has 2 rings (SSSR count). The van der Waals surface area contributed by atoms with Crippen molar-refractivity contribution < 1.29 is 9.15 Å². The van der Waals surface area contributed by atoms with Crippen LogP contribution in [0.15, 0.2) is 28.8 Å². The number of nitrogens with one attached hydrogen (secondary N) is 1. The number of rotatable bonds is 5. The van der Waals surface area contributed by atoms with Crippen LogP contribution in [0, 0.1) is 6.92 Å². The highest BCUT2D eigenvalue weighted by atomic mass is 16.5. The van der Waals surface area contributed by atoms with Crippen molar-refractivity contribution in [1.82, 2.24) is 9.97 Å². The average Bonchev–Trinajstić information content (AvgIpc) is 2.74. The van der Waals surface area contributed by atoms with Crippen molar-refractivity contribution >= 4 is 5.82 Å². The van der Waals surface area contributed by atoms with E-state index < -0.39 is 0 Å². The smallest absolute Gasteiger partial charge is 0.215 e. The van der Waals surface area contributed by atoms with Gasteiger partial charge in [0.05, 0.1) is 19.3 Å². The Bertz CT molecular complexity index is 482. The van der Waals surface area contributed by atoms with E-state index in [1.54, 1.807) is 6.20 Å². The maximum Gasteiger partial charge on any atom is 0.215 e. The fourth-order valence-electron chi connectivity index (χ4n) is 1.39. The van der Waals surface area contributed by atoms with Gasteiger partial charge in [0.2, 0.25) is 11.8 Å². The van der Waals surface area contributed by atoms with Gasteiger partial charge in [0.25, 0.3) is 0 Å². The summed E-state index contributed by atoms with van der Waals surface area (Å²) >= 11 is 0. The molecule has 0 saturated heterocycles. The molecule has 0 amide bonds. The number of aromatic nitrogens is 2. The lowest BCUT2D eigenvalue weighted by Crippen LogP contribution is -2.02. The lowest BCUT2D eigenvalue weighted by atomic mass is 10.4. The van der Waals surface area contributed by atoms with E-state index in [0.29, 0.717) is 24.9 Å². The second-order valence-electron chi connectivity index (χ2n) is 3.51. The third-order valence-electron chi connectivity index (χ3n) is 2.11. The minimum absolute atomic E-state index is 0.510. The Morgan fingerprint density at radius 3 is 3.00 bits per heavy atom. The lowest BCUT2D eigenvalue weighted by molar-refractivity contribution is 0.327. The highest BCUT2D eigenvalue weighted by Crippen LogP contribution is 2.12. The number of ether oxygens (including phenoxy) is 1. The molecule has 90 valence electrons. The fourth-order valence-corrected chi connectivity index (χ4v) is 1.39. The fraction of sp³-hybridized carbons (Fsp3) is 0.333. The monoisotopic (exact) mass is 233 g/mol. The van der Waals surface area contributed by atoms with Crippen LogP contribution in [0.4, 0.5) is 5.82 Å². The molecule has 17 heavy (non-hydrogen) atoms. The molecular formula is C12H15N3O2. The molecule has 0 saturated carbocycles. The Hall–Kier alpha value is -2.04. The number of hydrogen-bond acceptors (Lipinski definition) is 5. The van der Waals surface area contributed by atoms with Crippen LogP contribution < -0.4 is 10.1 Å². The lowest BCUT2D eigenvalue weighted by Gasteiger charge is -2.05. The van der Waals surface area contributed by atoms with Gasteiger partial charge in [0.1, 0.15) is 11.6 Å². The van der Waals surface area contributed by atoms with Crippen molar-refractivity contribution in [3.8, 4) is 5.88 Å². The molecule has 0 aliphatic rings. The van der Waals surface area contributed by atoms with Crippen LogP contribution in [0.5, 0.6) is 5.88 Å². The zero-order valence-corrected chi connectivity index (χ0v) is 9.93. The summed E-state index contributed by atoms with van der Waals surface area (Å²) in [5.41, 5.74) is 0. The van der Waals surface area contributed by atoms with E-state index in [0.717, 1.165) is 11.6 Å². The summed E-state index contributed by atoms with van der Waals surface area (Å²) in [5.74, 6) is 2.80. The molecule has 5 nitrogen and oxygen atoms in total. The van der Waals surface area contributed by atoms with Gasteiger partial charge in [-0.15, -0.1) is 0 Å². The molecule has 0 bridgehead atoms. The van der Waals surface area contributed by atoms with Gasteiger partial charge in [0.15, 0.2) is 0 Å². The zero-order chi connectivity index (χ0) is 12.1. The van der Waals surface area contributed by atoms with Crippen LogP contribution in [0.25, 0.3) is 0 Å². The predicted molar refractivity (Wildman–Crippen MR) is 64.0 cm³/mol. The van der Waals surface area contributed by atoms with E-state index in [1.165, 1.54) is 0 Å². The SMILES string of the molecule is CCOc1cccc(NCc2ncc(C)o2)n1. The van der Waals surface area contributed by atoms with Gasteiger partial charge in [0, 0.05) is 6.07 Å². The Kier molecular flexibility index (Phi) is 3.59. The molecule has 0 spiro atoms. The van der Waals surface area contributed by atoms with Gasteiger partial charge in [-0.25, -0.2) is 4.98 Å². The van der Waals surface area contributed by atoms with E-state index in [1.807, 2.05) is 32.0 Å². The van der Waals surface area contributed by atoms with Crippen molar-refractivity contribution in [2.75, 3.05) is 11.9 Å². The second-order valence-corrected chi connectivity index (χ2v) is 3.51. The summed E-state index contributed by atoms with van der Waals surface area (Å²) in [6.07, 6.45) is 1.70. The first kappa shape index (κ1) is 11.4. The molecule has 0 atom stereocenters. The molecule has 1 N–H and O–H groups in total. The molecular weight excluding hydrogens is 218 g/mol. The normalized spacial score (nSPS) is 10.2. The number of anilines is 1. The minimum Gasteiger partial charge on any atom is -0.478 e. The number of nitrogens with zero attached hydrogens (tertiary/aromatic N) is 2. The first-order valence-electron chi connectivity index (χ1n) is 5.53. The van der Waals surface area contributed by atoms with Crippen molar-refractivity contribution in [3.05, 3.63) is 36.0 Å².